The zero-order valence-corrected chi connectivity index (χ0v) is 14.0. The lowest BCUT2D eigenvalue weighted by atomic mass is 9.88. The molecule has 0 aliphatic carbocycles. The van der Waals surface area contributed by atoms with Crippen molar-refractivity contribution >= 4 is 17.4 Å². The number of benzene rings is 2. The minimum absolute atomic E-state index is 0.110. The minimum Gasteiger partial charge on any atom is -0.454 e. The molecule has 0 saturated carbocycles. The number of carbonyl (C=O) groups is 2. The van der Waals surface area contributed by atoms with Gasteiger partial charge in [0.05, 0.1) is 12.1 Å². The molecule has 6 heteroatoms. The summed E-state index contributed by atoms with van der Waals surface area (Å²) in [6.45, 7) is 4.02. The molecule has 0 aromatic heterocycles. The summed E-state index contributed by atoms with van der Waals surface area (Å²) < 4.78 is 10.5. The van der Waals surface area contributed by atoms with E-state index < -0.39 is 11.5 Å². The van der Waals surface area contributed by atoms with Gasteiger partial charge in [0.2, 0.25) is 6.79 Å². The number of Topliss-reactive ketones (excluding diaryl/α,β-unsaturated/α-hetero) is 1. The predicted molar refractivity (Wildman–Crippen MR) is 94.4 cm³/mol. The molecule has 0 saturated heterocycles. The number of amides is 1. The smallest absolute Gasteiger partial charge is 0.264 e. The first kappa shape index (κ1) is 16.4. The van der Waals surface area contributed by atoms with Crippen LogP contribution in [0.2, 0.25) is 0 Å². The topological polar surface area (TPSA) is 76.1 Å². The van der Waals surface area contributed by atoms with Gasteiger partial charge in [0, 0.05) is 17.7 Å². The van der Waals surface area contributed by atoms with Gasteiger partial charge >= 0.3 is 0 Å². The standard InChI is InChI=1S/C20H17NO5/c1-2-9-21-15-6-4-3-5-14(15)20(24,19(21)23)11-16(22)13-7-8-17-18(10-13)26-12-25-17/h2-8,10,24H,1,9,11-12H2. The zero-order valence-electron chi connectivity index (χ0n) is 14.0. The third-order valence-electron chi connectivity index (χ3n) is 4.66. The fourth-order valence-electron chi connectivity index (χ4n) is 3.39. The first-order valence-corrected chi connectivity index (χ1v) is 8.22. The van der Waals surface area contributed by atoms with Crippen LogP contribution in [0.3, 0.4) is 0 Å². The van der Waals surface area contributed by atoms with Crippen LogP contribution >= 0.6 is 0 Å². The number of ether oxygens (including phenoxy) is 2. The average Bonchev–Trinajstić information content (AvgIpc) is 3.19. The van der Waals surface area contributed by atoms with Crippen molar-refractivity contribution in [3.63, 3.8) is 0 Å². The van der Waals surface area contributed by atoms with Gasteiger partial charge in [-0.3, -0.25) is 9.59 Å². The number of para-hydroxylation sites is 1. The van der Waals surface area contributed by atoms with Crippen molar-refractivity contribution in [1.29, 1.82) is 0 Å². The Bertz CT molecular complexity index is 922. The van der Waals surface area contributed by atoms with Crippen molar-refractivity contribution in [2.75, 3.05) is 18.2 Å². The number of aliphatic hydroxyl groups is 1. The molecule has 1 atom stereocenters. The van der Waals surface area contributed by atoms with Crippen LogP contribution in [0.5, 0.6) is 11.5 Å². The normalized spacial score (nSPS) is 20.2. The van der Waals surface area contributed by atoms with Gasteiger partial charge in [0.25, 0.3) is 5.91 Å². The first-order chi connectivity index (χ1) is 12.5. The molecular formula is C20H17NO5. The number of hydrogen-bond acceptors (Lipinski definition) is 5. The SMILES string of the molecule is C=CCN1C(=O)C(O)(CC(=O)c2ccc3c(c2)OCO3)c2ccccc21. The molecule has 2 aromatic rings. The highest BCUT2D eigenvalue weighted by atomic mass is 16.7. The molecule has 2 aliphatic rings. The van der Waals surface area contributed by atoms with Crippen molar-refractivity contribution in [3.05, 3.63) is 66.2 Å². The van der Waals surface area contributed by atoms with Crippen LogP contribution in [0.4, 0.5) is 5.69 Å². The number of rotatable bonds is 5. The van der Waals surface area contributed by atoms with E-state index in [2.05, 4.69) is 6.58 Å². The van der Waals surface area contributed by atoms with E-state index in [0.29, 0.717) is 28.3 Å². The molecular weight excluding hydrogens is 334 g/mol. The molecule has 132 valence electrons. The second-order valence-electron chi connectivity index (χ2n) is 6.25. The van der Waals surface area contributed by atoms with Crippen LogP contribution in [-0.4, -0.2) is 30.1 Å². The second kappa shape index (κ2) is 6.00. The van der Waals surface area contributed by atoms with Crippen molar-refractivity contribution in [3.8, 4) is 11.5 Å². The van der Waals surface area contributed by atoms with Gasteiger partial charge in [0.1, 0.15) is 0 Å². The summed E-state index contributed by atoms with van der Waals surface area (Å²) >= 11 is 0. The number of ketones is 1. The molecule has 1 unspecified atom stereocenters. The van der Waals surface area contributed by atoms with Gasteiger partial charge < -0.3 is 19.5 Å². The van der Waals surface area contributed by atoms with Crippen LogP contribution in [0, 0.1) is 0 Å². The van der Waals surface area contributed by atoms with E-state index in [4.69, 9.17) is 9.47 Å². The van der Waals surface area contributed by atoms with Crippen molar-refractivity contribution in [2.45, 2.75) is 12.0 Å². The Morgan fingerprint density at radius 2 is 2.00 bits per heavy atom. The maximum absolute atomic E-state index is 12.9. The molecule has 0 spiro atoms. The molecule has 26 heavy (non-hydrogen) atoms. The Labute approximate surface area is 150 Å². The highest BCUT2D eigenvalue weighted by molar-refractivity contribution is 6.11. The number of hydrogen-bond donors (Lipinski definition) is 1. The number of carbonyl (C=O) groups excluding carboxylic acids is 2. The summed E-state index contributed by atoms with van der Waals surface area (Å²) in [7, 11) is 0. The predicted octanol–water partition coefficient (Wildman–Crippen LogP) is 2.41. The zero-order chi connectivity index (χ0) is 18.3. The summed E-state index contributed by atoms with van der Waals surface area (Å²) in [6.07, 6.45) is 1.23. The van der Waals surface area contributed by atoms with Crippen molar-refractivity contribution < 1.29 is 24.2 Å². The van der Waals surface area contributed by atoms with E-state index in [1.54, 1.807) is 48.5 Å². The Kier molecular flexibility index (Phi) is 3.77. The van der Waals surface area contributed by atoms with Gasteiger partial charge in [-0.1, -0.05) is 24.3 Å². The maximum Gasteiger partial charge on any atom is 0.264 e. The Hall–Kier alpha value is -3.12. The Morgan fingerprint density at radius 3 is 2.81 bits per heavy atom. The third kappa shape index (κ3) is 2.38. The van der Waals surface area contributed by atoms with E-state index in [9.17, 15) is 14.7 Å². The molecule has 6 nitrogen and oxygen atoms in total. The molecule has 0 radical (unpaired) electrons. The lowest BCUT2D eigenvalue weighted by Crippen LogP contribution is -2.41. The third-order valence-corrected chi connectivity index (χ3v) is 4.66. The quantitative estimate of drug-likeness (QED) is 0.661. The molecule has 1 amide bonds. The van der Waals surface area contributed by atoms with Crippen LogP contribution < -0.4 is 14.4 Å². The largest absolute Gasteiger partial charge is 0.454 e. The monoisotopic (exact) mass is 351 g/mol. The molecule has 0 fully saturated rings. The van der Waals surface area contributed by atoms with Gasteiger partial charge in [-0.05, 0) is 24.3 Å². The molecule has 2 heterocycles. The minimum atomic E-state index is -1.90. The summed E-state index contributed by atoms with van der Waals surface area (Å²) in [4.78, 5) is 27.1. The van der Waals surface area contributed by atoms with Gasteiger partial charge in [-0.25, -0.2) is 0 Å². The van der Waals surface area contributed by atoms with Crippen molar-refractivity contribution in [1.82, 2.24) is 0 Å². The van der Waals surface area contributed by atoms with Crippen LogP contribution in [0.25, 0.3) is 0 Å². The van der Waals surface area contributed by atoms with E-state index in [-0.39, 0.29) is 25.5 Å². The van der Waals surface area contributed by atoms with Gasteiger partial charge in [-0.15, -0.1) is 6.58 Å². The Balaban J connectivity index is 1.67. The summed E-state index contributed by atoms with van der Waals surface area (Å²) in [5.74, 6) is 0.177. The highest BCUT2D eigenvalue weighted by Gasteiger charge is 2.50. The van der Waals surface area contributed by atoms with E-state index in [1.807, 2.05) is 0 Å². The number of fused-ring (bicyclic) bond motifs is 2. The summed E-state index contributed by atoms with van der Waals surface area (Å²) in [6, 6.07) is 11.8. The van der Waals surface area contributed by atoms with E-state index in [0.717, 1.165) is 0 Å². The fourth-order valence-corrected chi connectivity index (χ4v) is 3.39. The highest BCUT2D eigenvalue weighted by Crippen LogP contribution is 2.43. The van der Waals surface area contributed by atoms with E-state index in [1.165, 1.54) is 4.90 Å². The van der Waals surface area contributed by atoms with Crippen LogP contribution in [-0.2, 0) is 10.4 Å². The lowest BCUT2D eigenvalue weighted by molar-refractivity contribution is -0.135. The number of anilines is 1. The number of nitrogens with zero attached hydrogens (tertiary/aromatic N) is 1. The molecule has 2 aromatic carbocycles. The van der Waals surface area contributed by atoms with Gasteiger partial charge in [0.15, 0.2) is 22.9 Å². The van der Waals surface area contributed by atoms with E-state index >= 15 is 0 Å². The first-order valence-electron chi connectivity index (χ1n) is 8.22. The Morgan fingerprint density at radius 1 is 1.23 bits per heavy atom. The maximum atomic E-state index is 12.9. The van der Waals surface area contributed by atoms with Crippen LogP contribution in [0.1, 0.15) is 22.3 Å². The summed E-state index contributed by atoms with van der Waals surface area (Å²) in [5.41, 5.74) is -0.512. The molecule has 0 bridgehead atoms. The second-order valence-corrected chi connectivity index (χ2v) is 6.25. The molecule has 4 rings (SSSR count). The average molecular weight is 351 g/mol. The fraction of sp³-hybridized carbons (Fsp3) is 0.200. The summed E-state index contributed by atoms with van der Waals surface area (Å²) in [5, 5.41) is 11.1. The molecule has 1 N–H and O–H groups in total. The van der Waals surface area contributed by atoms with Gasteiger partial charge in [-0.2, -0.15) is 0 Å². The lowest BCUT2D eigenvalue weighted by Gasteiger charge is -2.22. The van der Waals surface area contributed by atoms with Crippen LogP contribution in [0.15, 0.2) is 55.1 Å². The molecule has 2 aliphatic heterocycles. The van der Waals surface area contributed by atoms with Crippen molar-refractivity contribution in [2.24, 2.45) is 0 Å².